The minimum absolute atomic E-state index is 0.158. The lowest BCUT2D eigenvalue weighted by atomic mass is 10.1. The van der Waals surface area contributed by atoms with Gasteiger partial charge in [-0.15, -0.1) is 15.3 Å². The molecule has 2 heterocycles. The number of fused-ring (bicyclic) bond motifs is 1. The first-order chi connectivity index (χ1) is 12.7. The summed E-state index contributed by atoms with van der Waals surface area (Å²) in [5, 5.41) is 17.9. The highest BCUT2D eigenvalue weighted by Crippen LogP contribution is 2.18. The first kappa shape index (κ1) is 16.5. The molecule has 2 aromatic carbocycles. The smallest absolute Gasteiger partial charge is 0.278 e. The summed E-state index contributed by atoms with van der Waals surface area (Å²) in [5.41, 5.74) is 1.62. The van der Waals surface area contributed by atoms with E-state index < -0.39 is 0 Å². The highest BCUT2D eigenvalue weighted by Gasteiger charge is 2.11. The van der Waals surface area contributed by atoms with Crippen LogP contribution in [0.1, 0.15) is 11.4 Å². The van der Waals surface area contributed by atoms with Gasteiger partial charge in [0.1, 0.15) is 11.3 Å². The number of benzene rings is 2. The molecule has 0 amide bonds. The normalized spacial score (nSPS) is 11.1. The van der Waals surface area contributed by atoms with Crippen molar-refractivity contribution in [1.29, 1.82) is 0 Å². The van der Waals surface area contributed by atoms with Crippen LogP contribution in [0.3, 0.4) is 0 Å². The minimum Gasteiger partial charge on any atom is -0.309 e. The molecule has 0 aliphatic rings. The molecule has 26 heavy (non-hydrogen) atoms. The van der Waals surface area contributed by atoms with E-state index in [4.69, 9.17) is 0 Å². The molecule has 130 valence electrons. The average Bonchev–Trinajstić information content (AvgIpc) is 3.02. The number of thioether (sulfide) groups is 1. The largest absolute Gasteiger partial charge is 0.309 e. The Labute approximate surface area is 153 Å². The van der Waals surface area contributed by atoms with Crippen LogP contribution in [-0.2, 0) is 19.3 Å². The van der Waals surface area contributed by atoms with Crippen molar-refractivity contribution in [2.45, 2.75) is 17.5 Å². The van der Waals surface area contributed by atoms with Crippen LogP contribution < -0.4 is 5.56 Å². The fraction of sp³-hybridized carbons (Fsp3) is 0.167. The Hall–Kier alpha value is -3.00. The van der Waals surface area contributed by atoms with Gasteiger partial charge in [0, 0.05) is 13.5 Å². The molecule has 0 bridgehead atoms. The Morgan fingerprint density at radius 2 is 1.73 bits per heavy atom. The Bertz CT molecular complexity index is 1110. The lowest BCUT2D eigenvalue weighted by molar-refractivity contribution is 0.641. The molecular weight excluding hydrogens is 348 g/mol. The predicted molar refractivity (Wildman–Crippen MR) is 99.9 cm³/mol. The third-order valence-electron chi connectivity index (χ3n) is 4.08. The standard InChI is InChI=1S/C18H16N6OS/c1-23-16(11-13-7-3-2-4-8-13)20-21-18(23)26-12-24-17(25)14-9-5-6-10-15(14)19-22-24/h2-10H,11-12H2,1H3. The van der Waals surface area contributed by atoms with Crippen LogP contribution in [0.15, 0.2) is 64.5 Å². The van der Waals surface area contributed by atoms with Crippen molar-refractivity contribution in [3.63, 3.8) is 0 Å². The van der Waals surface area contributed by atoms with Crippen molar-refractivity contribution in [1.82, 2.24) is 29.8 Å². The molecule has 7 nitrogen and oxygen atoms in total. The summed E-state index contributed by atoms with van der Waals surface area (Å²) in [6, 6.07) is 17.3. The molecule has 0 saturated heterocycles. The first-order valence-electron chi connectivity index (χ1n) is 8.10. The van der Waals surface area contributed by atoms with E-state index in [-0.39, 0.29) is 5.56 Å². The van der Waals surface area contributed by atoms with E-state index in [1.54, 1.807) is 12.1 Å². The fourth-order valence-electron chi connectivity index (χ4n) is 2.63. The van der Waals surface area contributed by atoms with E-state index >= 15 is 0 Å². The Morgan fingerprint density at radius 1 is 0.962 bits per heavy atom. The van der Waals surface area contributed by atoms with Crippen LogP contribution in [0.2, 0.25) is 0 Å². The molecule has 0 N–H and O–H groups in total. The Morgan fingerprint density at radius 3 is 2.58 bits per heavy atom. The van der Waals surface area contributed by atoms with Crippen LogP contribution in [0, 0.1) is 0 Å². The maximum atomic E-state index is 12.5. The van der Waals surface area contributed by atoms with Gasteiger partial charge in [-0.25, -0.2) is 0 Å². The maximum absolute atomic E-state index is 12.5. The van der Waals surface area contributed by atoms with Crippen molar-refractivity contribution >= 4 is 22.7 Å². The fourth-order valence-corrected chi connectivity index (χ4v) is 3.43. The highest BCUT2D eigenvalue weighted by molar-refractivity contribution is 7.98. The molecule has 0 spiro atoms. The van der Waals surface area contributed by atoms with Crippen molar-refractivity contribution in [2.24, 2.45) is 7.05 Å². The molecule has 4 rings (SSSR count). The van der Waals surface area contributed by atoms with E-state index in [0.717, 1.165) is 11.0 Å². The number of hydrogen-bond donors (Lipinski definition) is 0. The van der Waals surface area contributed by atoms with Crippen molar-refractivity contribution < 1.29 is 0 Å². The summed E-state index contributed by atoms with van der Waals surface area (Å²) in [4.78, 5) is 12.5. The molecule has 0 saturated carbocycles. The first-order valence-corrected chi connectivity index (χ1v) is 9.08. The van der Waals surface area contributed by atoms with E-state index in [0.29, 0.717) is 23.2 Å². The number of nitrogens with zero attached hydrogens (tertiary/aromatic N) is 6. The number of hydrogen-bond acceptors (Lipinski definition) is 6. The summed E-state index contributed by atoms with van der Waals surface area (Å²) in [5.74, 6) is 1.20. The third kappa shape index (κ3) is 3.23. The van der Waals surface area contributed by atoms with E-state index in [9.17, 15) is 4.79 Å². The maximum Gasteiger partial charge on any atom is 0.278 e. The van der Waals surface area contributed by atoms with E-state index in [2.05, 4.69) is 32.6 Å². The monoisotopic (exact) mass is 364 g/mol. The zero-order valence-electron chi connectivity index (χ0n) is 14.1. The second kappa shape index (κ2) is 7.09. The Balaban J connectivity index is 1.52. The van der Waals surface area contributed by atoms with Crippen molar-refractivity contribution in [3.05, 3.63) is 76.3 Å². The zero-order chi connectivity index (χ0) is 17.9. The minimum atomic E-state index is -0.158. The molecule has 0 aliphatic heterocycles. The molecule has 0 fully saturated rings. The van der Waals surface area contributed by atoms with Crippen LogP contribution in [0.5, 0.6) is 0 Å². The second-order valence-electron chi connectivity index (χ2n) is 5.80. The van der Waals surface area contributed by atoms with Gasteiger partial charge in [0.25, 0.3) is 5.56 Å². The molecule has 0 atom stereocenters. The summed E-state index contributed by atoms with van der Waals surface area (Å²) in [6.07, 6.45) is 0.709. The van der Waals surface area contributed by atoms with Gasteiger partial charge in [-0.1, -0.05) is 59.4 Å². The number of rotatable bonds is 5. The molecule has 0 unspecified atom stereocenters. The van der Waals surface area contributed by atoms with Gasteiger partial charge in [-0.2, -0.15) is 4.68 Å². The molecule has 8 heteroatoms. The van der Waals surface area contributed by atoms with Gasteiger partial charge in [0.2, 0.25) is 0 Å². The number of aromatic nitrogens is 6. The van der Waals surface area contributed by atoms with Crippen molar-refractivity contribution in [2.75, 3.05) is 0 Å². The lowest BCUT2D eigenvalue weighted by Crippen LogP contribution is -2.23. The molecule has 0 aliphatic carbocycles. The quantitative estimate of drug-likeness (QED) is 0.506. The molecular formula is C18H16N6OS. The van der Waals surface area contributed by atoms with E-state index in [1.165, 1.54) is 22.0 Å². The predicted octanol–water partition coefficient (Wildman–Crippen LogP) is 2.26. The van der Waals surface area contributed by atoms with Crippen LogP contribution in [-0.4, -0.2) is 29.8 Å². The molecule has 0 radical (unpaired) electrons. The zero-order valence-corrected chi connectivity index (χ0v) is 14.9. The van der Waals surface area contributed by atoms with Crippen LogP contribution in [0.4, 0.5) is 0 Å². The van der Waals surface area contributed by atoms with Crippen LogP contribution >= 0.6 is 11.8 Å². The summed E-state index contributed by atoms with van der Waals surface area (Å²) < 4.78 is 3.29. The van der Waals surface area contributed by atoms with E-state index in [1.807, 2.05) is 41.9 Å². The van der Waals surface area contributed by atoms with Crippen LogP contribution in [0.25, 0.3) is 10.9 Å². The summed E-state index contributed by atoms with van der Waals surface area (Å²) in [6.45, 7) is 0. The van der Waals surface area contributed by atoms with Gasteiger partial charge < -0.3 is 4.57 Å². The summed E-state index contributed by atoms with van der Waals surface area (Å²) >= 11 is 1.40. The van der Waals surface area contributed by atoms with Gasteiger partial charge in [-0.05, 0) is 17.7 Å². The van der Waals surface area contributed by atoms with Gasteiger partial charge in [0.15, 0.2) is 5.16 Å². The third-order valence-corrected chi connectivity index (χ3v) is 5.06. The van der Waals surface area contributed by atoms with Gasteiger partial charge in [-0.3, -0.25) is 4.79 Å². The van der Waals surface area contributed by atoms with Crippen molar-refractivity contribution in [3.8, 4) is 0 Å². The van der Waals surface area contributed by atoms with Gasteiger partial charge in [0.05, 0.1) is 11.3 Å². The van der Waals surface area contributed by atoms with Gasteiger partial charge >= 0.3 is 0 Å². The average molecular weight is 364 g/mol. The molecule has 2 aromatic heterocycles. The SMILES string of the molecule is Cn1c(Cc2ccccc2)nnc1SCn1nnc2ccccc2c1=O. The molecule has 4 aromatic rings. The topological polar surface area (TPSA) is 78.5 Å². The lowest BCUT2D eigenvalue weighted by Gasteiger charge is -2.05. The highest BCUT2D eigenvalue weighted by atomic mass is 32.2. The second-order valence-corrected chi connectivity index (χ2v) is 6.72. The Kier molecular flexibility index (Phi) is 4.49. The summed E-state index contributed by atoms with van der Waals surface area (Å²) in [7, 11) is 1.93.